The molecule has 0 bridgehead atoms. The van der Waals surface area contributed by atoms with E-state index in [4.69, 9.17) is 4.74 Å². The first kappa shape index (κ1) is 17.8. The van der Waals surface area contributed by atoms with Crippen LogP contribution < -0.4 is 4.74 Å². The molecular formula is C18H16BrNO4S. The first-order chi connectivity index (χ1) is 11.9. The van der Waals surface area contributed by atoms with Gasteiger partial charge in [-0.1, -0.05) is 28.9 Å². The van der Waals surface area contributed by atoms with Crippen molar-refractivity contribution < 1.29 is 18.3 Å². The number of hydrogen-bond acceptors (Lipinski definition) is 5. The standard InChI is InChI=1S/C18H16BrNO4S/c1-2-25(22,23)15-5-6-18(20-10-15)24-17-8-12(11-21)7-13-3-4-14(19)9-16(13)17/h3-10,21H,2,11H2,1H3. The van der Waals surface area contributed by atoms with E-state index in [0.717, 1.165) is 20.8 Å². The summed E-state index contributed by atoms with van der Waals surface area (Å²) >= 11 is 3.44. The molecule has 0 amide bonds. The number of sulfone groups is 1. The van der Waals surface area contributed by atoms with E-state index in [1.165, 1.54) is 18.3 Å². The largest absolute Gasteiger partial charge is 0.438 e. The average molecular weight is 422 g/mol. The van der Waals surface area contributed by atoms with E-state index in [9.17, 15) is 13.5 Å². The molecule has 0 fully saturated rings. The summed E-state index contributed by atoms with van der Waals surface area (Å²) in [5.74, 6) is 0.847. The predicted octanol–water partition coefficient (Wildman–Crippen LogP) is 4.08. The zero-order chi connectivity index (χ0) is 18.0. The highest BCUT2D eigenvalue weighted by Crippen LogP contribution is 2.33. The molecule has 0 radical (unpaired) electrons. The monoisotopic (exact) mass is 421 g/mol. The number of halogens is 1. The maximum absolute atomic E-state index is 11.9. The SMILES string of the molecule is CCS(=O)(=O)c1ccc(Oc2cc(CO)cc3ccc(Br)cc23)nc1. The van der Waals surface area contributed by atoms with E-state index < -0.39 is 9.84 Å². The van der Waals surface area contributed by atoms with Gasteiger partial charge in [0, 0.05) is 22.1 Å². The minimum absolute atomic E-state index is 0.0199. The highest BCUT2D eigenvalue weighted by Gasteiger charge is 2.13. The third kappa shape index (κ3) is 3.84. The molecule has 0 saturated heterocycles. The fraction of sp³-hybridized carbons (Fsp3) is 0.167. The van der Waals surface area contributed by atoms with E-state index >= 15 is 0 Å². The van der Waals surface area contributed by atoms with Gasteiger partial charge in [0.2, 0.25) is 5.88 Å². The van der Waals surface area contributed by atoms with Crippen LogP contribution in [0.15, 0.2) is 58.0 Å². The number of nitrogens with zero attached hydrogens (tertiary/aromatic N) is 1. The van der Waals surface area contributed by atoms with Crippen molar-refractivity contribution in [2.45, 2.75) is 18.4 Å². The average Bonchev–Trinajstić information content (AvgIpc) is 2.62. The van der Waals surface area contributed by atoms with E-state index in [0.29, 0.717) is 5.75 Å². The van der Waals surface area contributed by atoms with Crippen LogP contribution in [0.1, 0.15) is 12.5 Å². The summed E-state index contributed by atoms with van der Waals surface area (Å²) < 4.78 is 30.5. The molecule has 3 aromatic rings. The third-order valence-electron chi connectivity index (χ3n) is 3.78. The quantitative estimate of drug-likeness (QED) is 0.671. The molecule has 0 saturated carbocycles. The summed E-state index contributed by atoms with van der Waals surface area (Å²) in [6.07, 6.45) is 1.29. The normalized spacial score (nSPS) is 11.6. The first-order valence-corrected chi connectivity index (χ1v) is 10.1. The van der Waals surface area contributed by atoms with Crippen LogP contribution in [0, 0.1) is 0 Å². The number of hydrogen-bond donors (Lipinski definition) is 1. The molecule has 0 atom stereocenters. The van der Waals surface area contributed by atoms with Crippen LogP contribution in [0.5, 0.6) is 11.6 Å². The smallest absolute Gasteiger partial charge is 0.219 e. The molecule has 0 aliphatic carbocycles. The van der Waals surface area contributed by atoms with Crippen molar-refractivity contribution in [3.05, 3.63) is 58.7 Å². The van der Waals surface area contributed by atoms with Crippen molar-refractivity contribution in [1.29, 1.82) is 0 Å². The molecule has 3 rings (SSSR count). The van der Waals surface area contributed by atoms with Crippen LogP contribution in [-0.2, 0) is 16.4 Å². The molecule has 1 N–H and O–H groups in total. The van der Waals surface area contributed by atoms with Crippen LogP contribution in [-0.4, -0.2) is 24.3 Å². The summed E-state index contributed by atoms with van der Waals surface area (Å²) in [6, 6.07) is 12.4. The first-order valence-electron chi connectivity index (χ1n) is 7.62. The van der Waals surface area contributed by atoms with Crippen molar-refractivity contribution in [3.63, 3.8) is 0 Å². The van der Waals surface area contributed by atoms with Crippen LogP contribution in [0.3, 0.4) is 0 Å². The van der Waals surface area contributed by atoms with Gasteiger partial charge in [0.1, 0.15) is 5.75 Å². The number of aromatic nitrogens is 1. The highest BCUT2D eigenvalue weighted by molar-refractivity contribution is 9.10. The number of fused-ring (bicyclic) bond motifs is 1. The Morgan fingerprint density at radius 1 is 1.16 bits per heavy atom. The van der Waals surface area contributed by atoms with Crippen molar-refractivity contribution in [2.75, 3.05) is 5.75 Å². The van der Waals surface area contributed by atoms with Gasteiger partial charge in [-0.3, -0.25) is 0 Å². The van der Waals surface area contributed by atoms with E-state index in [1.54, 1.807) is 13.0 Å². The lowest BCUT2D eigenvalue weighted by Gasteiger charge is -2.11. The number of ether oxygens (including phenoxy) is 1. The van der Waals surface area contributed by atoms with Crippen LogP contribution in [0.4, 0.5) is 0 Å². The summed E-state index contributed by atoms with van der Waals surface area (Å²) in [5.41, 5.74) is 0.718. The molecule has 25 heavy (non-hydrogen) atoms. The van der Waals surface area contributed by atoms with Crippen molar-refractivity contribution >= 4 is 36.5 Å². The van der Waals surface area contributed by atoms with Crippen molar-refractivity contribution in [2.24, 2.45) is 0 Å². The van der Waals surface area contributed by atoms with Gasteiger partial charge in [0.15, 0.2) is 9.84 Å². The summed E-state index contributed by atoms with van der Waals surface area (Å²) in [6.45, 7) is 1.48. The second kappa shape index (κ2) is 7.11. The summed E-state index contributed by atoms with van der Waals surface area (Å²) in [4.78, 5) is 4.26. The lowest BCUT2D eigenvalue weighted by atomic mass is 10.1. The predicted molar refractivity (Wildman–Crippen MR) is 99.6 cm³/mol. The van der Waals surface area contributed by atoms with E-state index in [1.807, 2.05) is 24.3 Å². The molecular weight excluding hydrogens is 406 g/mol. The zero-order valence-electron chi connectivity index (χ0n) is 13.4. The molecule has 7 heteroatoms. The summed E-state index contributed by atoms with van der Waals surface area (Å²) in [7, 11) is -3.30. The minimum Gasteiger partial charge on any atom is -0.438 e. The molecule has 0 aliphatic heterocycles. The molecule has 130 valence electrons. The van der Waals surface area contributed by atoms with Crippen LogP contribution >= 0.6 is 15.9 Å². The Bertz CT molecular complexity index is 1020. The molecule has 0 spiro atoms. The van der Waals surface area contributed by atoms with Gasteiger partial charge in [-0.05, 0) is 41.3 Å². The molecule has 2 aromatic carbocycles. The number of aliphatic hydroxyl groups excluding tert-OH is 1. The minimum atomic E-state index is -3.30. The van der Waals surface area contributed by atoms with Gasteiger partial charge in [0.05, 0.1) is 17.3 Å². The van der Waals surface area contributed by atoms with Gasteiger partial charge in [0.25, 0.3) is 0 Å². The second-order valence-electron chi connectivity index (χ2n) is 5.46. The Morgan fingerprint density at radius 2 is 1.96 bits per heavy atom. The highest BCUT2D eigenvalue weighted by atomic mass is 79.9. The Balaban J connectivity index is 2.01. The van der Waals surface area contributed by atoms with Gasteiger partial charge in [-0.2, -0.15) is 0 Å². The van der Waals surface area contributed by atoms with E-state index in [-0.39, 0.29) is 23.1 Å². The van der Waals surface area contributed by atoms with E-state index in [2.05, 4.69) is 20.9 Å². The molecule has 0 unspecified atom stereocenters. The van der Waals surface area contributed by atoms with Crippen molar-refractivity contribution in [1.82, 2.24) is 4.98 Å². The molecule has 5 nitrogen and oxygen atoms in total. The number of rotatable bonds is 5. The number of pyridine rings is 1. The third-order valence-corrected chi connectivity index (χ3v) is 6.00. The topological polar surface area (TPSA) is 76.5 Å². The maximum Gasteiger partial charge on any atom is 0.219 e. The molecule has 0 aliphatic rings. The van der Waals surface area contributed by atoms with Gasteiger partial charge in [-0.15, -0.1) is 0 Å². The second-order valence-corrected chi connectivity index (χ2v) is 8.65. The van der Waals surface area contributed by atoms with Crippen LogP contribution in [0.25, 0.3) is 10.8 Å². The summed E-state index contributed by atoms with van der Waals surface area (Å²) in [5, 5.41) is 11.2. The molecule has 1 heterocycles. The number of aliphatic hydroxyl groups is 1. The maximum atomic E-state index is 11.9. The fourth-order valence-corrected chi connectivity index (χ4v) is 3.60. The zero-order valence-corrected chi connectivity index (χ0v) is 15.8. The van der Waals surface area contributed by atoms with Gasteiger partial charge in [-0.25, -0.2) is 13.4 Å². The van der Waals surface area contributed by atoms with Gasteiger partial charge < -0.3 is 9.84 Å². The Hall–Kier alpha value is -1.96. The molecule has 1 aromatic heterocycles. The Labute approximate surface area is 154 Å². The Kier molecular flexibility index (Phi) is 5.08. The van der Waals surface area contributed by atoms with Crippen molar-refractivity contribution in [3.8, 4) is 11.6 Å². The van der Waals surface area contributed by atoms with Gasteiger partial charge >= 0.3 is 0 Å². The lowest BCUT2D eigenvalue weighted by molar-refractivity contribution is 0.281. The van der Waals surface area contributed by atoms with Crippen LogP contribution in [0.2, 0.25) is 0 Å². The number of benzene rings is 2. The Morgan fingerprint density at radius 3 is 2.60 bits per heavy atom. The lowest BCUT2D eigenvalue weighted by Crippen LogP contribution is -2.04. The fourth-order valence-electron chi connectivity index (χ4n) is 2.42.